The van der Waals surface area contributed by atoms with Crippen molar-refractivity contribution in [2.24, 2.45) is 0 Å². The van der Waals surface area contributed by atoms with E-state index in [4.69, 9.17) is 10.2 Å². The maximum absolute atomic E-state index is 13.5. The SMILES string of the molecule is Cc1cc(C(F)(F)C(O)(F)F)cc(C(F)(F)C(O)(F)F)c1C. The van der Waals surface area contributed by atoms with Gasteiger partial charge in [-0.05, 0) is 37.1 Å². The van der Waals surface area contributed by atoms with Crippen molar-refractivity contribution in [3.8, 4) is 0 Å². The summed E-state index contributed by atoms with van der Waals surface area (Å²) in [5.74, 6) is -10.6. The van der Waals surface area contributed by atoms with Crippen LogP contribution in [0.4, 0.5) is 35.1 Å². The van der Waals surface area contributed by atoms with Crippen molar-refractivity contribution in [2.45, 2.75) is 37.9 Å². The van der Waals surface area contributed by atoms with Gasteiger partial charge in [0, 0.05) is 11.1 Å². The molecular weight excluding hydrogens is 328 g/mol. The highest BCUT2D eigenvalue weighted by Crippen LogP contribution is 2.47. The smallest absolute Gasteiger partial charge is 0.331 e. The van der Waals surface area contributed by atoms with Crippen LogP contribution in [0, 0.1) is 13.8 Å². The zero-order valence-corrected chi connectivity index (χ0v) is 11.1. The molecule has 0 saturated heterocycles. The summed E-state index contributed by atoms with van der Waals surface area (Å²) in [6.45, 7) is 1.81. The Balaban J connectivity index is 3.65. The maximum atomic E-state index is 13.5. The fourth-order valence-electron chi connectivity index (χ4n) is 1.70. The van der Waals surface area contributed by atoms with Crippen molar-refractivity contribution in [3.63, 3.8) is 0 Å². The second-order valence-electron chi connectivity index (χ2n) is 4.70. The van der Waals surface area contributed by atoms with Crippen molar-refractivity contribution in [1.82, 2.24) is 0 Å². The average molecular weight is 338 g/mol. The predicted molar refractivity (Wildman–Crippen MR) is 58.0 cm³/mol. The normalized spacial score (nSPS) is 14.4. The average Bonchev–Trinajstić information content (AvgIpc) is 2.28. The van der Waals surface area contributed by atoms with Gasteiger partial charge < -0.3 is 10.2 Å². The summed E-state index contributed by atoms with van der Waals surface area (Å²) >= 11 is 0. The Bertz CT molecular complexity index is 572. The van der Waals surface area contributed by atoms with E-state index >= 15 is 0 Å². The van der Waals surface area contributed by atoms with Gasteiger partial charge in [-0.15, -0.1) is 0 Å². The van der Waals surface area contributed by atoms with Crippen LogP contribution in [0.2, 0.25) is 0 Å². The molecule has 0 heterocycles. The van der Waals surface area contributed by atoms with Crippen molar-refractivity contribution >= 4 is 0 Å². The lowest BCUT2D eigenvalue weighted by atomic mass is 9.92. The number of aryl methyl sites for hydroxylation is 1. The first kappa shape index (κ1) is 18.6. The Labute approximate surface area is 119 Å². The molecule has 0 atom stereocenters. The second-order valence-corrected chi connectivity index (χ2v) is 4.70. The van der Waals surface area contributed by atoms with Gasteiger partial charge in [-0.25, -0.2) is 0 Å². The van der Waals surface area contributed by atoms with Gasteiger partial charge in [0.2, 0.25) is 0 Å². The molecule has 0 aliphatic carbocycles. The minimum Gasteiger partial charge on any atom is -0.331 e. The summed E-state index contributed by atoms with van der Waals surface area (Å²) in [6, 6.07) is 0.0607. The molecular formula is C12H10F8O2. The monoisotopic (exact) mass is 338 g/mol. The third-order valence-corrected chi connectivity index (χ3v) is 3.12. The molecule has 0 unspecified atom stereocenters. The Morgan fingerprint density at radius 1 is 0.727 bits per heavy atom. The van der Waals surface area contributed by atoms with Gasteiger partial charge in [0.15, 0.2) is 0 Å². The molecule has 0 aliphatic rings. The van der Waals surface area contributed by atoms with Crippen LogP contribution in [0.5, 0.6) is 0 Å². The van der Waals surface area contributed by atoms with Gasteiger partial charge in [-0.1, -0.05) is 0 Å². The summed E-state index contributed by atoms with van der Waals surface area (Å²) in [5.41, 5.74) is -4.57. The van der Waals surface area contributed by atoms with Crippen molar-refractivity contribution in [1.29, 1.82) is 0 Å². The third kappa shape index (κ3) is 2.89. The second kappa shape index (κ2) is 5.05. The highest BCUT2D eigenvalue weighted by atomic mass is 19.3. The molecule has 0 spiro atoms. The fraction of sp³-hybridized carbons (Fsp3) is 0.500. The van der Waals surface area contributed by atoms with Gasteiger partial charge in [0.1, 0.15) is 0 Å². The molecule has 1 aromatic carbocycles. The van der Waals surface area contributed by atoms with Crippen LogP contribution in [0.3, 0.4) is 0 Å². The largest absolute Gasteiger partial charge is 0.421 e. The molecule has 0 aromatic heterocycles. The molecule has 2 N–H and O–H groups in total. The van der Waals surface area contributed by atoms with E-state index in [2.05, 4.69) is 0 Å². The van der Waals surface area contributed by atoms with Crippen LogP contribution in [0.25, 0.3) is 0 Å². The van der Waals surface area contributed by atoms with Crippen LogP contribution < -0.4 is 0 Å². The summed E-state index contributed by atoms with van der Waals surface area (Å²) in [5, 5.41) is 16.3. The summed E-state index contributed by atoms with van der Waals surface area (Å²) in [6.07, 6.45) is -11.2. The molecule has 0 bridgehead atoms. The molecule has 126 valence electrons. The van der Waals surface area contributed by atoms with Crippen LogP contribution in [-0.4, -0.2) is 22.4 Å². The first-order valence-electron chi connectivity index (χ1n) is 5.61. The predicted octanol–water partition coefficient (Wildman–Crippen LogP) is 3.66. The van der Waals surface area contributed by atoms with Gasteiger partial charge in [-0.2, -0.15) is 35.1 Å². The Kier molecular flexibility index (Phi) is 4.28. The molecule has 0 saturated carbocycles. The maximum Gasteiger partial charge on any atom is 0.421 e. The van der Waals surface area contributed by atoms with Gasteiger partial charge in [0.25, 0.3) is 0 Å². The lowest BCUT2D eigenvalue weighted by molar-refractivity contribution is -0.334. The standard InChI is InChI=1S/C12H10F8O2/c1-5-3-7(9(13,14)11(17,18)21)4-8(6(5)2)10(15,16)12(19,20)22/h3-4,21-22H,1-2H3. The molecule has 0 aliphatic heterocycles. The van der Waals surface area contributed by atoms with E-state index in [9.17, 15) is 35.1 Å². The zero-order chi connectivity index (χ0) is 17.7. The van der Waals surface area contributed by atoms with E-state index in [1.165, 1.54) is 0 Å². The highest BCUT2D eigenvalue weighted by molar-refractivity contribution is 5.42. The number of alkyl halides is 8. The molecule has 22 heavy (non-hydrogen) atoms. The number of hydrogen-bond acceptors (Lipinski definition) is 2. The lowest BCUT2D eigenvalue weighted by Crippen LogP contribution is -2.40. The van der Waals surface area contributed by atoms with Crippen molar-refractivity contribution < 1.29 is 45.3 Å². The zero-order valence-electron chi connectivity index (χ0n) is 11.1. The minimum atomic E-state index is -5.60. The number of benzene rings is 1. The molecule has 0 radical (unpaired) electrons. The number of hydrogen-bond donors (Lipinski definition) is 2. The Hall–Kier alpha value is -1.42. The van der Waals surface area contributed by atoms with E-state index < -0.39 is 46.3 Å². The van der Waals surface area contributed by atoms with E-state index in [-0.39, 0.29) is 6.07 Å². The topological polar surface area (TPSA) is 40.5 Å². The number of halogens is 8. The van der Waals surface area contributed by atoms with Gasteiger partial charge in [-0.3, -0.25) is 0 Å². The van der Waals surface area contributed by atoms with E-state index in [1.807, 2.05) is 0 Å². The molecule has 1 rings (SSSR count). The molecule has 10 heteroatoms. The van der Waals surface area contributed by atoms with E-state index in [1.54, 1.807) is 0 Å². The molecule has 1 aromatic rings. The number of aliphatic hydroxyl groups is 2. The van der Waals surface area contributed by atoms with Crippen molar-refractivity contribution in [3.05, 3.63) is 34.4 Å². The van der Waals surface area contributed by atoms with Crippen molar-refractivity contribution in [2.75, 3.05) is 0 Å². The number of rotatable bonds is 4. The first-order valence-corrected chi connectivity index (χ1v) is 5.61. The van der Waals surface area contributed by atoms with E-state index in [0.717, 1.165) is 13.8 Å². The Morgan fingerprint density at radius 3 is 1.50 bits per heavy atom. The quantitative estimate of drug-likeness (QED) is 0.823. The molecule has 0 amide bonds. The van der Waals surface area contributed by atoms with Crippen LogP contribution in [-0.2, 0) is 11.8 Å². The summed E-state index contributed by atoms with van der Waals surface area (Å²) in [4.78, 5) is 0. The Morgan fingerprint density at radius 2 is 1.14 bits per heavy atom. The molecule has 0 fully saturated rings. The minimum absolute atomic E-state index is 0.295. The summed E-state index contributed by atoms with van der Waals surface area (Å²) < 4.78 is 104. The fourth-order valence-corrected chi connectivity index (χ4v) is 1.70. The van der Waals surface area contributed by atoms with Crippen LogP contribution in [0.15, 0.2) is 12.1 Å². The lowest BCUT2D eigenvalue weighted by Gasteiger charge is -2.27. The van der Waals surface area contributed by atoms with Crippen LogP contribution in [0.1, 0.15) is 22.3 Å². The van der Waals surface area contributed by atoms with Gasteiger partial charge in [0.05, 0.1) is 0 Å². The highest BCUT2D eigenvalue weighted by Gasteiger charge is 2.60. The first-order chi connectivity index (χ1) is 9.53. The molecule has 2 nitrogen and oxygen atoms in total. The summed E-state index contributed by atoms with van der Waals surface area (Å²) in [7, 11) is 0. The van der Waals surface area contributed by atoms with Gasteiger partial charge >= 0.3 is 24.1 Å². The third-order valence-electron chi connectivity index (χ3n) is 3.12. The van der Waals surface area contributed by atoms with E-state index in [0.29, 0.717) is 6.07 Å². The van der Waals surface area contributed by atoms with Crippen LogP contribution >= 0.6 is 0 Å².